The van der Waals surface area contributed by atoms with Crippen LogP contribution in [-0.4, -0.2) is 40.8 Å². The van der Waals surface area contributed by atoms with Gasteiger partial charge in [0.15, 0.2) is 11.4 Å². The number of hydrogen-bond acceptors (Lipinski definition) is 5. The summed E-state index contributed by atoms with van der Waals surface area (Å²) in [6.07, 6.45) is 2.54. The van der Waals surface area contributed by atoms with Crippen LogP contribution >= 0.6 is 0 Å². The Bertz CT molecular complexity index is 757. The lowest BCUT2D eigenvalue weighted by Crippen LogP contribution is -2.33. The fourth-order valence-corrected chi connectivity index (χ4v) is 3.15. The van der Waals surface area contributed by atoms with Gasteiger partial charge in [0.1, 0.15) is 5.82 Å². The van der Waals surface area contributed by atoms with Crippen molar-refractivity contribution in [1.82, 2.24) is 10.3 Å². The number of aromatic nitrogens is 1. The molecule has 1 atom stereocenters. The Morgan fingerprint density at radius 1 is 1.37 bits per heavy atom. The molecule has 0 aromatic carbocycles. The normalized spacial score (nSPS) is 26.3. The average molecular weight is 379 g/mol. The molecular formula is C17H23F2N7O. The summed E-state index contributed by atoms with van der Waals surface area (Å²) in [6.45, 7) is 2.23. The van der Waals surface area contributed by atoms with Crippen molar-refractivity contribution in [3.8, 4) is 0 Å². The number of amides is 1. The molecule has 1 saturated carbocycles. The molecule has 4 N–H and O–H groups in total. The summed E-state index contributed by atoms with van der Waals surface area (Å²) in [5, 5.41) is 17.5. The largest absolute Gasteiger partial charge is 0.382 e. The number of nitrogens with zero attached hydrogens (tertiary/aromatic N) is 4. The van der Waals surface area contributed by atoms with Gasteiger partial charge in [-0.05, 0) is 37.1 Å². The number of pyridine rings is 1. The van der Waals surface area contributed by atoms with Crippen molar-refractivity contribution in [3.05, 3.63) is 23.9 Å². The van der Waals surface area contributed by atoms with Crippen molar-refractivity contribution in [1.29, 1.82) is 0 Å². The molecule has 1 aromatic heterocycles. The highest BCUT2D eigenvalue weighted by molar-refractivity contribution is 6.01. The maximum Gasteiger partial charge on any atom is 0.249 e. The van der Waals surface area contributed by atoms with Gasteiger partial charge >= 0.3 is 0 Å². The minimum Gasteiger partial charge on any atom is -0.382 e. The number of carbonyl (C=O) groups is 1. The molecule has 0 radical (unpaired) electrons. The second-order valence-corrected chi connectivity index (χ2v) is 7.13. The van der Waals surface area contributed by atoms with Gasteiger partial charge in [0.05, 0.1) is 5.56 Å². The third-order valence-electron chi connectivity index (χ3n) is 4.95. The van der Waals surface area contributed by atoms with Gasteiger partial charge in [-0.1, -0.05) is 0 Å². The van der Waals surface area contributed by atoms with Crippen LogP contribution in [0.3, 0.4) is 0 Å². The van der Waals surface area contributed by atoms with Gasteiger partial charge in [0, 0.05) is 38.0 Å². The molecule has 146 valence electrons. The SMILES string of the molecule is CC1(N=N/N=C(\N)c2cccnc2NC2CCC(F)(F)CC2)CCNC1=O. The van der Waals surface area contributed by atoms with E-state index in [-0.39, 0.29) is 30.6 Å². The molecule has 1 saturated heterocycles. The summed E-state index contributed by atoms with van der Waals surface area (Å²) in [6, 6.07) is 3.31. The van der Waals surface area contributed by atoms with Gasteiger partial charge in [-0.2, -0.15) is 5.11 Å². The zero-order valence-corrected chi connectivity index (χ0v) is 15.1. The van der Waals surface area contributed by atoms with Crippen molar-refractivity contribution in [2.24, 2.45) is 21.2 Å². The van der Waals surface area contributed by atoms with Crippen LogP contribution in [0, 0.1) is 0 Å². The van der Waals surface area contributed by atoms with Crippen LogP contribution in [0.4, 0.5) is 14.6 Å². The van der Waals surface area contributed by atoms with E-state index >= 15 is 0 Å². The lowest BCUT2D eigenvalue weighted by atomic mass is 9.92. The Kier molecular flexibility index (Phi) is 5.33. The van der Waals surface area contributed by atoms with Crippen molar-refractivity contribution in [2.75, 3.05) is 11.9 Å². The molecule has 2 aliphatic rings. The number of nitrogens with one attached hydrogen (secondary N) is 2. The molecular weight excluding hydrogens is 356 g/mol. The second-order valence-electron chi connectivity index (χ2n) is 7.13. The molecule has 0 bridgehead atoms. The van der Waals surface area contributed by atoms with E-state index in [0.717, 1.165) is 0 Å². The summed E-state index contributed by atoms with van der Waals surface area (Å²) in [5.41, 5.74) is 5.57. The molecule has 1 amide bonds. The zero-order valence-electron chi connectivity index (χ0n) is 15.1. The summed E-state index contributed by atoms with van der Waals surface area (Å²) < 4.78 is 26.6. The van der Waals surface area contributed by atoms with Gasteiger partial charge < -0.3 is 16.4 Å². The summed E-state index contributed by atoms with van der Waals surface area (Å²) in [4.78, 5) is 16.0. The number of carbonyl (C=O) groups excluding carboxylic acids is 1. The number of amidine groups is 1. The van der Waals surface area contributed by atoms with Crippen molar-refractivity contribution < 1.29 is 13.6 Å². The molecule has 2 fully saturated rings. The number of anilines is 1. The molecule has 1 unspecified atom stereocenters. The zero-order chi connectivity index (χ0) is 19.5. The molecule has 1 aliphatic carbocycles. The van der Waals surface area contributed by atoms with Gasteiger partial charge in [0.2, 0.25) is 11.8 Å². The fraction of sp³-hybridized carbons (Fsp3) is 0.588. The van der Waals surface area contributed by atoms with E-state index in [1.807, 2.05) is 0 Å². The Morgan fingerprint density at radius 3 is 2.78 bits per heavy atom. The van der Waals surface area contributed by atoms with E-state index in [0.29, 0.717) is 37.2 Å². The fourth-order valence-electron chi connectivity index (χ4n) is 3.15. The van der Waals surface area contributed by atoms with Crippen LogP contribution in [0.2, 0.25) is 0 Å². The highest BCUT2D eigenvalue weighted by Crippen LogP contribution is 2.34. The van der Waals surface area contributed by atoms with Crippen molar-refractivity contribution in [3.63, 3.8) is 0 Å². The first-order valence-corrected chi connectivity index (χ1v) is 8.92. The van der Waals surface area contributed by atoms with E-state index in [2.05, 4.69) is 31.1 Å². The van der Waals surface area contributed by atoms with Crippen molar-refractivity contribution >= 4 is 17.6 Å². The Labute approximate surface area is 155 Å². The number of hydrogen-bond donors (Lipinski definition) is 3. The first-order chi connectivity index (χ1) is 12.8. The summed E-state index contributed by atoms with van der Waals surface area (Å²) in [5.74, 6) is -2.24. The van der Waals surface area contributed by atoms with Gasteiger partial charge in [-0.15, -0.1) is 5.10 Å². The van der Waals surface area contributed by atoms with Crippen LogP contribution in [0.5, 0.6) is 0 Å². The van der Waals surface area contributed by atoms with Gasteiger partial charge in [0.25, 0.3) is 0 Å². The molecule has 2 heterocycles. The predicted molar refractivity (Wildman–Crippen MR) is 96.7 cm³/mol. The first-order valence-electron chi connectivity index (χ1n) is 8.92. The second kappa shape index (κ2) is 7.53. The Morgan fingerprint density at radius 2 is 2.11 bits per heavy atom. The van der Waals surface area contributed by atoms with Gasteiger partial charge in [-0.3, -0.25) is 4.79 Å². The molecule has 1 aliphatic heterocycles. The van der Waals surface area contributed by atoms with E-state index < -0.39 is 11.5 Å². The number of rotatable bonds is 5. The van der Waals surface area contributed by atoms with Crippen LogP contribution in [0.1, 0.15) is 44.6 Å². The van der Waals surface area contributed by atoms with Crippen LogP contribution < -0.4 is 16.4 Å². The van der Waals surface area contributed by atoms with E-state index in [4.69, 9.17) is 5.73 Å². The number of nitrogens with two attached hydrogens (primary N) is 1. The van der Waals surface area contributed by atoms with E-state index in [9.17, 15) is 13.6 Å². The predicted octanol–water partition coefficient (Wildman–Crippen LogP) is 2.42. The Hall–Kier alpha value is -2.65. The van der Waals surface area contributed by atoms with Gasteiger partial charge in [-0.25, -0.2) is 13.8 Å². The Balaban J connectivity index is 1.70. The molecule has 0 spiro atoms. The topological polar surface area (TPSA) is 117 Å². The third-order valence-corrected chi connectivity index (χ3v) is 4.95. The minimum atomic E-state index is -2.59. The van der Waals surface area contributed by atoms with E-state index in [1.165, 1.54) is 0 Å². The monoisotopic (exact) mass is 379 g/mol. The van der Waals surface area contributed by atoms with Crippen molar-refractivity contribution in [2.45, 2.75) is 56.5 Å². The molecule has 1 aromatic rings. The summed E-state index contributed by atoms with van der Waals surface area (Å²) >= 11 is 0. The standard InChI is InChI=1S/C17H23F2N7O/c1-16(8-10-22-15(16)27)25-26-24-13(20)12-3-2-9-21-14(12)23-11-4-6-17(18,19)7-5-11/h2-3,9,11H,4-8,10H2,1H3,(H,21,23)(H,22,27)(H2,20,24,25). The van der Waals surface area contributed by atoms with Crippen LogP contribution in [0.15, 0.2) is 33.8 Å². The molecule has 27 heavy (non-hydrogen) atoms. The lowest BCUT2D eigenvalue weighted by molar-refractivity contribution is -0.123. The molecule has 8 nitrogen and oxygen atoms in total. The summed E-state index contributed by atoms with van der Waals surface area (Å²) in [7, 11) is 0. The first kappa shape index (κ1) is 19.1. The quantitative estimate of drug-likeness (QED) is 0.315. The third kappa shape index (κ3) is 4.55. The maximum atomic E-state index is 13.3. The highest BCUT2D eigenvalue weighted by Gasteiger charge is 2.38. The van der Waals surface area contributed by atoms with Crippen LogP contribution in [-0.2, 0) is 4.79 Å². The smallest absolute Gasteiger partial charge is 0.249 e. The number of halogens is 2. The number of alkyl halides is 2. The van der Waals surface area contributed by atoms with E-state index in [1.54, 1.807) is 25.3 Å². The maximum absolute atomic E-state index is 13.3. The minimum absolute atomic E-state index is 0.0810. The lowest BCUT2D eigenvalue weighted by Gasteiger charge is -2.29. The highest BCUT2D eigenvalue weighted by atomic mass is 19.3. The molecule has 3 rings (SSSR count). The van der Waals surface area contributed by atoms with Crippen LogP contribution in [0.25, 0.3) is 0 Å². The molecule has 10 heteroatoms. The average Bonchev–Trinajstić information content (AvgIpc) is 2.96.